The lowest BCUT2D eigenvalue weighted by atomic mass is 9.97. The molecule has 1 amide bonds. The maximum atomic E-state index is 12.3. The highest BCUT2D eigenvalue weighted by molar-refractivity contribution is 5.79. The summed E-state index contributed by atoms with van der Waals surface area (Å²) in [6.07, 6.45) is 1.91. The van der Waals surface area contributed by atoms with Crippen LogP contribution < -0.4 is 15.1 Å². The Balaban J connectivity index is 1.62. The van der Waals surface area contributed by atoms with Crippen molar-refractivity contribution in [1.29, 1.82) is 0 Å². The Morgan fingerprint density at radius 2 is 2.26 bits per heavy atom. The first kappa shape index (κ1) is 15.8. The number of hydrogen-bond donors (Lipinski definition) is 2. The summed E-state index contributed by atoms with van der Waals surface area (Å²) in [6.45, 7) is 3.22. The summed E-state index contributed by atoms with van der Waals surface area (Å²) in [7, 11) is 4.17. The Bertz CT molecular complexity index is 634. The van der Waals surface area contributed by atoms with Crippen molar-refractivity contribution >= 4 is 23.0 Å². The average Bonchev–Trinajstić information content (AvgIpc) is 2.98. The minimum absolute atomic E-state index is 0.0101. The van der Waals surface area contributed by atoms with E-state index in [9.17, 15) is 4.79 Å². The number of likely N-dealkylation sites (N-methyl/N-ethyl adjacent to an activating group) is 1. The van der Waals surface area contributed by atoms with Crippen LogP contribution >= 0.6 is 0 Å². The van der Waals surface area contributed by atoms with Gasteiger partial charge in [-0.1, -0.05) is 12.1 Å². The van der Waals surface area contributed by atoms with Crippen molar-refractivity contribution in [2.75, 3.05) is 45.2 Å². The molecule has 3 rings (SSSR count). The lowest BCUT2D eigenvalue weighted by Gasteiger charge is -2.30. The van der Waals surface area contributed by atoms with Crippen molar-refractivity contribution in [3.63, 3.8) is 0 Å². The number of benzene rings is 1. The standard InChI is InChI=1S/C17H24N4O2/c1-20(2)11-9-18-16(22)13-6-5-10-21(12-13)17-19-14-7-3-4-8-15(14)23-17/h3-4,7-8,13H,5-6,9-12H2,1-2H3,(H,18,22)/p+1. The first-order valence-electron chi connectivity index (χ1n) is 8.31. The normalized spacial score (nSPS) is 18.6. The number of aromatic nitrogens is 1. The van der Waals surface area contributed by atoms with Gasteiger partial charge in [-0.3, -0.25) is 4.79 Å². The molecular weight excluding hydrogens is 292 g/mol. The van der Waals surface area contributed by atoms with Crippen LogP contribution in [0.1, 0.15) is 12.8 Å². The number of carbonyl (C=O) groups is 1. The smallest absolute Gasteiger partial charge is 0.298 e. The number of fused-ring (bicyclic) bond motifs is 1. The zero-order valence-electron chi connectivity index (χ0n) is 13.8. The van der Waals surface area contributed by atoms with Gasteiger partial charge in [0.25, 0.3) is 6.01 Å². The van der Waals surface area contributed by atoms with Crippen molar-refractivity contribution in [2.24, 2.45) is 5.92 Å². The third-order valence-electron chi connectivity index (χ3n) is 4.27. The third kappa shape index (κ3) is 3.82. The Labute approximate surface area is 136 Å². The molecule has 1 fully saturated rings. The van der Waals surface area contributed by atoms with Crippen LogP contribution in [0.3, 0.4) is 0 Å². The minimum atomic E-state index is 0.0101. The summed E-state index contributed by atoms with van der Waals surface area (Å²) in [6, 6.07) is 8.38. The fraction of sp³-hybridized carbons (Fsp3) is 0.529. The van der Waals surface area contributed by atoms with Gasteiger partial charge in [0.05, 0.1) is 33.1 Å². The van der Waals surface area contributed by atoms with E-state index in [1.807, 2.05) is 24.3 Å². The van der Waals surface area contributed by atoms with Crippen LogP contribution in [0.5, 0.6) is 0 Å². The lowest BCUT2D eigenvalue weighted by Crippen LogP contribution is -3.06. The predicted octanol–water partition coefficient (Wildman–Crippen LogP) is 0.305. The van der Waals surface area contributed by atoms with E-state index in [4.69, 9.17) is 4.42 Å². The summed E-state index contributed by atoms with van der Waals surface area (Å²) in [5.41, 5.74) is 1.66. The van der Waals surface area contributed by atoms with E-state index in [1.165, 1.54) is 4.90 Å². The molecule has 2 heterocycles. The number of para-hydroxylation sites is 2. The molecule has 1 aliphatic heterocycles. The van der Waals surface area contributed by atoms with Crippen LogP contribution in [0.2, 0.25) is 0 Å². The molecule has 124 valence electrons. The monoisotopic (exact) mass is 317 g/mol. The SMILES string of the molecule is C[NH+](C)CCNC(=O)C1CCCN(c2nc3ccccc3o2)C1. The molecule has 23 heavy (non-hydrogen) atoms. The van der Waals surface area contributed by atoms with E-state index in [0.717, 1.165) is 43.6 Å². The third-order valence-corrected chi connectivity index (χ3v) is 4.27. The molecule has 1 aliphatic rings. The lowest BCUT2D eigenvalue weighted by molar-refractivity contribution is -0.856. The van der Waals surface area contributed by atoms with Crippen LogP contribution in [0.25, 0.3) is 11.1 Å². The highest BCUT2D eigenvalue weighted by Gasteiger charge is 2.28. The number of hydrogen-bond acceptors (Lipinski definition) is 4. The van der Waals surface area contributed by atoms with Gasteiger partial charge in [-0.15, -0.1) is 0 Å². The van der Waals surface area contributed by atoms with E-state index in [-0.39, 0.29) is 11.8 Å². The van der Waals surface area contributed by atoms with Gasteiger partial charge in [-0.25, -0.2) is 0 Å². The van der Waals surface area contributed by atoms with Gasteiger partial charge in [-0.2, -0.15) is 4.98 Å². The number of quaternary nitrogens is 1. The molecule has 1 aromatic heterocycles. The number of piperidine rings is 1. The topological polar surface area (TPSA) is 62.8 Å². The molecule has 2 N–H and O–H groups in total. The van der Waals surface area contributed by atoms with Gasteiger partial charge in [-0.05, 0) is 25.0 Å². The Morgan fingerprint density at radius 3 is 3.04 bits per heavy atom. The largest absolute Gasteiger partial charge is 0.423 e. The van der Waals surface area contributed by atoms with Gasteiger partial charge < -0.3 is 19.5 Å². The Morgan fingerprint density at radius 1 is 1.43 bits per heavy atom. The highest BCUT2D eigenvalue weighted by Crippen LogP contribution is 2.26. The summed E-state index contributed by atoms with van der Waals surface area (Å²) in [5, 5.41) is 3.04. The van der Waals surface area contributed by atoms with Gasteiger partial charge in [0.2, 0.25) is 5.91 Å². The van der Waals surface area contributed by atoms with Crippen molar-refractivity contribution < 1.29 is 14.1 Å². The zero-order valence-corrected chi connectivity index (χ0v) is 13.8. The van der Waals surface area contributed by atoms with Crippen molar-refractivity contribution in [3.8, 4) is 0 Å². The maximum Gasteiger partial charge on any atom is 0.298 e. The molecule has 0 saturated carbocycles. The molecule has 0 bridgehead atoms. The quantitative estimate of drug-likeness (QED) is 0.833. The van der Waals surface area contributed by atoms with Crippen molar-refractivity contribution in [3.05, 3.63) is 24.3 Å². The van der Waals surface area contributed by atoms with Crippen LogP contribution in [0, 0.1) is 5.92 Å². The molecule has 6 heteroatoms. The van der Waals surface area contributed by atoms with Crippen LogP contribution in [0.15, 0.2) is 28.7 Å². The molecule has 0 spiro atoms. The predicted molar refractivity (Wildman–Crippen MR) is 89.6 cm³/mol. The summed E-state index contributed by atoms with van der Waals surface area (Å²) in [4.78, 5) is 20.3. The van der Waals surface area contributed by atoms with Gasteiger partial charge in [0.15, 0.2) is 5.58 Å². The molecular formula is C17H25N4O2+. The van der Waals surface area contributed by atoms with E-state index >= 15 is 0 Å². The Hall–Kier alpha value is -2.08. The van der Waals surface area contributed by atoms with E-state index in [2.05, 4.69) is 29.3 Å². The van der Waals surface area contributed by atoms with Crippen molar-refractivity contribution in [1.82, 2.24) is 10.3 Å². The number of nitrogens with zero attached hydrogens (tertiary/aromatic N) is 2. The fourth-order valence-corrected chi connectivity index (χ4v) is 2.94. The molecule has 2 aromatic rings. The van der Waals surface area contributed by atoms with E-state index in [1.54, 1.807) is 0 Å². The Kier molecular flexibility index (Phi) is 4.81. The number of anilines is 1. The maximum absolute atomic E-state index is 12.3. The average molecular weight is 317 g/mol. The van der Waals surface area contributed by atoms with Crippen molar-refractivity contribution in [2.45, 2.75) is 12.8 Å². The molecule has 0 radical (unpaired) electrons. The summed E-state index contributed by atoms with van der Waals surface area (Å²) in [5.74, 6) is 0.156. The molecule has 1 atom stereocenters. The van der Waals surface area contributed by atoms with Crippen LogP contribution in [-0.4, -0.2) is 51.2 Å². The number of oxazole rings is 1. The molecule has 0 aliphatic carbocycles. The summed E-state index contributed by atoms with van der Waals surface area (Å²) < 4.78 is 5.83. The first-order valence-corrected chi connectivity index (χ1v) is 8.31. The first-order chi connectivity index (χ1) is 11.1. The van der Waals surface area contributed by atoms with Gasteiger partial charge in [0, 0.05) is 13.1 Å². The molecule has 1 unspecified atom stereocenters. The molecule has 1 aromatic carbocycles. The minimum Gasteiger partial charge on any atom is -0.423 e. The molecule has 1 saturated heterocycles. The number of carbonyl (C=O) groups excluding carboxylic acids is 1. The van der Waals surface area contributed by atoms with Gasteiger partial charge >= 0.3 is 0 Å². The summed E-state index contributed by atoms with van der Waals surface area (Å²) >= 11 is 0. The number of amides is 1. The second-order valence-electron chi connectivity index (χ2n) is 6.50. The number of rotatable bonds is 5. The second kappa shape index (κ2) is 7.00. The highest BCUT2D eigenvalue weighted by atomic mass is 16.4. The zero-order chi connectivity index (χ0) is 16.2. The second-order valence-corrected chi connectivity index (χ2v) is 6.50. The van der Waals surface area contributed by atoms with Crippen LogP contribution in [0.4, 0.5) is 6.01 Å². The molecule has 6 nitrogen and oxygen atoms in total. The van der Waals surface area contributed by atoms with E-state index in [0.29, 0.717) is 12.6 Å². The number of nitrogens with one attached hydrogen (secondary N) is 2. The fourth-order valence-electron chi connectivity index (χ4n) is 2.94. The van der Waals surface area contributed by atoms with Crippen LogP contribution in [-0.2, 0) is 4.79 Å². The van der Waals surface area contributed by atoms with Gasteiger partial charge in [0.1, 0.15) is 5.52 Å². The van der Waals surface area contributed by atoms with E-state index < -0.39 is 0 Å².